The fraction of sp³-hybridized carbons (Fsp3) is 0.400. The number of rotatable bonds is 5. The van der Waals surface area contributed by atoms with Gasteiger partial charge in [-0.15, -0.1) is 0 Å². The number of unbranched alkanes of at least 4 members (excludes halogenated alkanes) is 2. The van der Waals surface area contributed by atoms with Crippen LogP contribution in [-0.2, 0) is 4.79 Å². The second-order valence-corrected chi connectivity index (χ2v) is 4.02. The monoisotopic (exact) mass is 246 g/mol. The first-order valence-electron chi connectivity index (χ1n) is 6.09. The van der Waals surface area contributed by atoms with Crippen LogP contribution < -0.4 is 4.74 Å². The molecule has 0 aliphatic rings. The standard InChI is InChI=1S/C15H18O3/c1-3-4-5-6-13(16)9-7-12-8-10-14(17)15(11-12)18-2/h8,10-11,17H,3-6H2,1-2H3. The molecule has 0 heterocycles. The molecule has 0 unspecified atom stereocenters. The number of carbonyl (C=O) groups excluding carboxylic acids is 1. The summed E-state index contributed by atoms with van der Waals surface area (Å²) in [5.41, 5.74) is 0.661. The van der Waals surface area contributed by atoms with Crippen molar-refractivity contribution in [2.24, 2.45) is 0 Å². The topological polar surface area (TPSA) is 46.5 Å². The van der Waals surface area contributed by atoms with Gasteiger partial charge in [0.25, 0.3) is 0 Å². The predicted octanol–water partition coefficient (Wildman–Crippen LogP) is 2.90. The van der Waals surface area contributed by atoms with Crippen LogP contribution in [0.2, 0.25) is 0 Å². The van der Waals surface area contributed by atoms with Gasteiger partial charge >= 0.3 is 0 Å². The molecule has 3 nitrogen and oxygen atoms in total. The molecular formula is C15H18O3. The minimum atomic E-state index is -0.0458. The Kier molecular flexibility index (Phi) is 5.79. The van der Waals surface area contributed by atoms with E-state index in [9.17, 15) is 9.90 Å². The lowest BCUT2D eigenvalue weighted by molar-refractivity contribution is -0.113. The molecule has 0 saturated heterocycles. The molecular weight excluding hydrogens is 228 g/mol. The van der Waals surface area contributed by atoms with E-state index in [0.717, 1.165) is 19.3 Å². The smallest absolute Gasteiger partial charge is 0.205 e. The molecule has 0 spiro atoms. The van der Waals surface area contributed by atoms with Crippen molar-refractivity contribution in [3.8, 4) is 23.3 Å². The Balaban J connectivity index is 2.64. The van der Waals surface area contributed by atoms with Gasteiger partial charge in [0, 0.05) is 12.0 Å². The number of ketones is 1. The van der Waals surface area contributed by atoms with Crippen LogP contribution in [0.1, 0.15) is 38.2 Å². The largest absolute Gasteiger partial charge is 0.504 e. The number of carbonyl (C=O) groups is 1. The zero-order chi connectivity index (χ0) is 13.4. The van der Waals surface area contributed by atoms with E-state index in [1.807, 2.05) is 0 Å². The predicted molar refractivity (Wildman–Crippen MR) is 70.7 cm³/mol. The molecule has 0 aromatic heterocycles. The lowest BCUT2D eigenvalue weighted by Crippen LogP contribution is -1.93. The quantitative estimate of drug-likeness (QED) is 0.642. The van der Waals surface area contributed by atoms with Crippen molar-refractivity contribution in [1.82, 2.24) is 0 Å². The minimum absolute atomic E-state index is 0.0458. The summed E-state index contributed by atoms with van der Waals surface area (Å²) in [6, 6.07) is 4.77. The third-order valence-corrected chi connectivity index (χ3v) is 2.53. The summed E-state index contributed by atoms with van der Waals surface area (Å²) in [4.78, 5) is 11.5. The van der Waals surface area contributed by atoms with Crippen LogP contribution in [0, 0.1) is 11.8 Å². The van der Waals surface area contributed by atoms with Gasteiger partial charge in [0.05, 0.1) is 7.11 Å². The van der Waals surface area contributed by atoms with E-state index in [0.29, 0.717) is 17.7 Å². The molecule has 0 saturated carbocycles. The lowest BCUT2D eigenvalue weighted by atomic mass is 10.1. The number of phenols is 1. The molecule has 0 radical (unpaired) electrons. The molecule has 0 amide bonds. The average molecular weight is 246 g/mol. The maximum Gasteiger partial charge on any atom is 0.205 e. The van der Waals surface area contributed by atoms with Crippen LogP contribution in [0.15, 0.2) is 18.2 Å². The van der Waals surface area contributed by atoms with E-state index in [4.69, 9.17) is 4.74 Å². The molecule has 96 valence electrons. The highest BCUT2D eigenvalue weighted by Gasteiger charge is 2.01. The van der Waals surface area contributed by atoms with E-state index >= 15 is 0 Å². The molecule has 1 aromatic rings. The van der Waals surface area contributed by atoms with Gasteiger partial charge in [0.15, 0.2) is 11.5 Å². The highest BCUT2D eigenvalue weighted by molar-refractivity contribution is 5.95. The van der Waals surface area contributed by atoms with Crippen LogP contribution in [-0.4, -0.2) is 18.0 Å². The van der Waals surface area contributed by atoms with Crippen LogP contribution >= 0.6 is 0 Å². The molecule has 1 rings (SSSR count). The molecule has 0 aliphatic heterocycles. The van der Waals surface area contributed by atoms with E-state index in [-0.39, 0.29) is 11.5 Å². The van der Waals surface area contributed by atoms with Crippen LogP contribution in [0.25, 0.3) is 0 Å². The van der Waals surface area contributed by atoms with Gasteiger partial charge in [-0.2, -0.15) is 0 Å². The Hall–Kier alpha value is -1.95. The van der Waals surface area contributed by atoms with Crippen molar-refractivity contribution >= 4 is 5.78 Å². The number of aromatic hydroxyl groups is 1. The van der Waals surface area contributed by atoms with Gasteiger partial charge < -0.3 is 9.84 Å². The van der Waals surface area contributed by atoms with Gasteiger partial charge in [-0.3, -0.25) is 4.79 Å². The van der Waals surface area contributed by atoms with Gasteiger partial charge in [0.2, 0.25) is 5.78 Å². The zero-order valence-electron chi connectivity index (χ0n) is 10.8. The van der Waals surface area contributed by atoms with Crippen LogP contribution in [0.5, 0.6) is 11.5 Å². The maximum absolute atomic E-state index is 11.5. The summed E-state index contributed by atoms with van der Waals surface area (Å²) >= 11 is 0. The molecule has 18 heavy (non-hydrogen) atoms. The molecule has 0 bridgehead atoms. The van der Waals surface area contributed by atoms with E-state index in [1.165, 1.54) is 13.2 Å². The number of Topliss-reactive ketones (excluding diaryl/α,β-unsaturated/α-hetero) is 1. The zero-order valence-corrected chi connectivity index (χ0v) is 10.8. The van der Waals surface area contributed by atoms with Crippen molar-refractivity contribution in [2.45, 2.75) is 32.6 Å². The number of phenolic OH excluding ortho intramolecular Hbond substituents is 1. The fourth-order valence-electron chi connectivity index (χ4n) is 1.50. The second kappa shape index (κ2) is 7.39. The molecule has 1 N–H and O–H groups in total. The van der Waals surface area contributed by atoms with Gasteiger partial charge in [-0.1, -0.05) is 25.7 Å². The van der Waals surface area contributed by atoms with Gasteiger partial charge in [-0.05, 0) is 30.5 Å². The fourth-order valence-corrected chi connectivity index (χ4v) is 1.50. The molecule has 3 heteroatoms. The Morgan fingerprint density at radius 2 is 2.17 bits per heavy atom. The van der Waals surface area contributed by atoms with Crippen molar-refractivity contribution in [1.29, 1.82) is 0 Å². The summed E-state index contributed by atoms with van der Waals surface area (Å²) in [7, 11) is 1.47. The highest BCUT2D eigenvalue weighted by atomic mass is 16.5. The molecule has 0 atom stereocenters. The van der Waals surface area contributed by atoms with E-state index in [1.54, 1.807) is 12.1 Å². The highest BCUT2D eigenvalue weighted by Crippen LogP contribution is 2.25. The first-order valence-corrected chi connectivity index (χ1v) is 6.09. The number of hydrogen-bond donors (Lipinski definition) is 1. The number of methoxy groups -OCH3 is 1. The van der Waals surface area contributed by atoms with Gasteiger partial charge in [-0.25, -0.2) is 0 Å². The molecule has 0 fully saturated rings. The Bertz CT molecular complexity index is 466. The number of ether oxygens (including phenoxy) is 1. The van der Waals surface area contributed by atoms with Crippen molar-refractivity contribution < 1.29 is 14.6 Å². The summed E-state index contributed by atoms with van der Waals surface area (Å²) in [5.74, 6) is 5.77. The Labute approximate surface area is 108 Å². The maximum atomic E-state index is 11.5. The summed E-state index contributed by atoms with van der Waals surface area (Å²) in [5, 5.41) is 9.42. The lowest BCUT2D eigenvalue weighted by Gasteiger charge is -2.02. The third kappa shape index (κ3) is 4.50. The molecule has 0 aliphatic carbocycles. The van der Waals surface area contributed by atoms with Crippen LogP contribution in [0.3, 0.4) is 0 Å². The van der Waals surface area contributed by atoms with Crippen LogP contribution in [0.4, 0.5) is 0 Å². The first-order chi connectivity index (χ1) is 8.67. The van der Waals surface area contributed by atoms with E-state index in [2.05, 4.69) is 18.8 Å². The van der Waals surface area contributed by atoms with Crippen molar-refractivity contribution in [3.63, 3.8) is 0 Å². The summed E-state index contributed by atoms with van der Waals surface area (Å²) in [6.45, 7) is 2.10. The van der Waals surface area contributed by atoms with Crippen molar-refractivity contribution in [3.05, 3.63) is 23.8 Å². The summed E-state index contributed by atoms with van der Waals surface area (Å²) < 4.78 is 4.97. The third-order valence-electron chi connectivity index (χ3n) is 2.53. The Morgan fingerprint density at radius 1 is 1.39 bits per heavy atom. The summed E-state index contributed by atoms with van der Waals surface area (Å²) in [6.07, 6.45) is 3.55. The number of benzene rings is 1. The second-order valence-electron chi connectivity index (χ2n) is 4.02. The first kappa shape index (κ1) is 14.1. The normalized spacial score (nSPS) is 9.44. The SMILES string of the molecule is CCCCCC(=O)C#Cc1ccc(O)c(OC)c1. The molecule has 1 aromatic carbocycles. The average Bonchev–Trinajstić information content (AvgIpc) is 2.38. The van der Waals surface area contributed by atoms with Crippen molar-refractivity contribution in [2.75, 3.05) is 7.11 Å². The minimum Gasteiger partial charge on any atom is -0.504 e. The Morgan fingerprint density at radius 3 is 2.83 bits per heavy atom. The number of hydrogen-bond acceptors (Lipinski definition) is 3. The van der Waals surface area contributed by atoms with E-state index < -0.39 is 0 Å². The van der Waals surface area contributed by atoms with Gasteiger partial charge in [0.1, 0.15) is 0 Å².